The fraction of sp³-hybridized carbons (Fsp3) is 1.00. The van der Waals surface area contributed by atoms with Crippen molar-refractivity contribution in [1.82, 2.24) is 15.7 Å². The molecule has 0 spiro atoms. The monoisotopic (exact) mass is 327 g/mol. The van der Waals surface area contributed by atoms with Crippen molar-refractivity contribution in [3.63, 3.8) is 0 Å². The summed E-state index contributed by atoms with van der Waals surface area (Å²) >= 11 is 0. The van der Waals surface area contributed by atoms with E-state index >= 15 is 0 Å². The minimum Gasteiger partial charge on any atom is -0.379 e. The van der Waals surface area contributed by atoms with Crippen LogP contribution in [0.5, 0.6) is 0 Å². The minimum atomic E-state index is 0.176. The van der Waals surface area contributed by atoms with E-state index in [1.54, 1.807) is 4.90 Å². The van der Waals surface area contributed by atoms with Gasteiger partial charge in [0.05, 0.1) is 39.5 Å². The number of hydrogen-bond acceptors (Lipinski definition) is 5. The zero-order chi connectivity index (χ0) is 15.6. The molecule has 0 bridgehead atoms. The van der Waals surface area contributed by atoms with E-state index in [4.69, 9.17) is 9.57 Å². The number of likely N-dealkylation sites (tertiary alicyclic amines) is 1. The van der Waals surface area contributed by atoms with Gasteiger partial charge in [-0.3, -0.25) is 10.2 Å². The fourth-order valence-electron chi connectivity index (χ4n) is 4.80. The van der Waals surface area contributed by atoms with Gasteiger partial charge in [0.2, 0.25) is 0 Å². The SMILES string of the molecule is C[NH+]1CCCC1C1NC(C2CC[NH2+]C(N3CCOCC3)C2)NO1. The molecule has 4 fully saturated rings. The van der Waals surface area contributed by atoms with Gasteiger partial charge in [0.1, 0.15) is 12.2 Å². The molecule has 6 atom stereocenters. The maximum absolute atomic E-state index is 5.93. The lowest BCUT2D eigenvalue weighted by atomic mass is 9.92. The predicted molar refractivity (Wildman–Crippen MR) is 85.4 cm³/mol. The van der Waals surface area contributed by atoms with Crippen LogP contribution in [0.2, 0.25) is 0 Å². The summed E-state index contributed by atoms with van der Waals surface area (Å²) in [4.78, 5) is 10.1. The lowest BCUT2D eigenvalue weighted by Crippen LogP contribution is -3.12. The maximum atomic E-state index is 5.93. The predicted octanol–water partition coefficient (Wildman–Crippen LogP) is -2.93. The Morgan fingerprint density at radius 1 is 1.22 bits per heavy atom. The summed E-state index contributed by atoms with van der Waals surface area (Å²) < 4.78 is 5.50. The van der Waals surface area contributed by atoms with E-state index in [9.17, 15) is 0 Å². The van der Waals surface area contributed by atoms with E-state index in [0.29, 0.717) is 24.3 Å². The van der Waals surface area contributed by atoms with Gasteiger partial charge >= 0.3 is 0 Å². The Hall–Kier alpha value is -0.280. The molecule has 0 aromatic carbocycles. The van der Waals surface area contributed by atoms with Gasteiger partial charge in [0.15, 0.2) is 6.23 Å². The zero-order valence-corrected chi connectivity index (χ0v) is 14.3. The number of rotatable bonds is 3. The number of likely N-dealkylation sites (N-methyl/N-ethyl adjacent to an activating group) is 1. The molecular weight excluding hydrogens is 294 g/mol. The third kappa shape index (κ3) is 3.56. The number of hydroxylamine groups is 1. The zero-order valence-electron chi connectivity index (χ0n) is 14.3. The van der Waals surface area contributed by atoms with Crippen LogP contribution in [0.3, 0.4) is 0 Å². The molecule has 0 saturated carbocycles. The first kappa shape index (κ1) is 16.2. The molecule has 0 aromatic heterocycles. The van der Waals surface area contributed by atoms with Crippen molar-refractivity contribution in [3.05, 3.63) is 0 Å². The molecule has 23 heavy (non-hydrogen) atoms. The Balaban J connectivity index is 1.31. The molecule has 4 aliphatic heterocycles. The number of nitrogens with two attached hydrogens (primary N) is 1. The number of nitrogens with one attached hydrogen (secondary N) is 3. The van der Waals surface area contributed by atoms with Gasteiger partial charge in [0, 0.05) is 44.7 Å². The minimum absolute atomic E-state index is 0.176. The molecule has 4 heterocycles. The largest absolute Gasteiger partial charge is 0.379 e. The lowest BCUT2D eigenvalue weighted by Gasteiger charge is -2.38. The lowest BCUT2D eigenvalue weighted by molar-refractivity contribution is -0.896. The van der Waals surface area contributed by atoms with E-state index in [-0.39, 0.29) is 6.23 Å². The molecule has 4 saturated heterocycles. The van der Waals surface area contributed by atoms with Crippen LogP contribution in [0.25, 0.3) is 0 Å². The Morgan fingerprint density at radius 2 is 2.09 bits per heavy atom. The fourth-order valence-corrected chi connectivity index (χ4v) is 4.80. The third-order valence-corrected chi connectivity index (χ3v) is 6.26. The van der Waals surface area contributed by atoms with Crippen LogP contribution in [-0.2, 0) is 9.57 Å². The molecule has 7 nitrogen and oxygen atoms in total. The van der Waals surface area contributed by atoms with Gasteiger partial charge < -0.3 is 15.0 Å². The topological polar surface area (TPSA) is 66.8 Å². The molecule has 0 amide bonds. The van der Waals surface area contributed by atoms with Crippen LogP contribution in [0.15, 0.2) is 0 Å². The van der Waals surface area contributed by atoms with Crippen molar-refractivity contribution in [2.45, 2.75) is 50.3 Å². The van der Waals surface area contributed by atoms with Gasteiger partial charge in [-0.1, -0.05) is 0 Å². The number of hydrogen-bond donors (Lipinski definition) is 4. The Kier molecular flexibility index (Phi) is 5.15. The van der Waals surface area contributed by atoms with Crippen molar-refractivity contribution < 1.29 is 19.8 Å². The van der Waals surface area contributed by atoms with Crippen molar-refractivity contribution in [1.29, 1.82) is 0 Å². The average Bonchev–Trinajstić information content (AvgIpc) is 3.24. The van der Waals surface area contributed by atoms with Gasteiger partial charge in [-0.15, -0.1) is 0 Å². The first-order chi connectivity index (χ1) is 11.3. The number of morpholine rings is 1. The van der Waals surface area contributed by atoms with E-state index in [1.165, 1.54) is 38.8 Å². The van der Waals surface area contributed by atoms with E-state index in [1.807, 2.05) is 0 Å². The molecule has 0 aromatic rings. The quantitative estimate of drug-likeness (QED) is 0.447. The van der Waals surface area contributed by atoms with Crippen molar-refractivity contribution >= 4 is 0 Å². The van der Waals surface area contributed by atoms with Crippen LogP contribution in [-0.4, -0.2) is 75.9 Å². The Morgan fingerprint density at radius 3 is 2.87 bits per heavy atom. The summed E-state index contributed by atoms with van der Waals surface area (Å²) in [5.41, 5.74) is 3.32. The van der Waals surface area contributed by atoms with Crippen LogP contribution in [0.1, 0.15) is 25.7 Å². The van der Waals surface area contributed by atoms with E-state index in [0.717, 1.165) is 26.3 Å². The summed E-state index contributed by atoms with van der Waals surface area (Å²) in [6, 6.07) is 0.595. The van der Waals surface area contributed by atoms with Gasteiger partial charge in [-0.2, -0.15) is 5.48 Å². The smallest absolute Gasteiger partial charge is 0.183 e. The number of piperidine rings is 1. The Bertz CT molecular complexity index is 393. The third-order valence-electron chi connectivity index (χ3n) is 6.26. The molecule has 4 rings (SSSR count). The van der Waals surface area contributed by atoms with Crippen LogP contribution in [0.4, 0.5) is 0 Å². The molecule has 132 valence electrons. The van der Waals surface area contributed by atoms with Crippen LogP contribution in [0, 0.1) is 5.92 Å². The average molecular weight is 327 g/mol. The summed E-state index contributed by atoms with van der Waals surface area (Å²) in [5.74, 6) is 0.652. The highest BCUT2D eigenvalue weighted by Gasteiger charge is 2.43. The summed E-state index contributed by atoms with van der Waals surface area (Å²) in [5, 5.41) is 6.26. The highest BCUT2D eigenvalue weighted by molar-refractivity contribution is 4.84. The first-order valence-electron chi connectivity index (χ1n) is 9.46. The number of ether oxygens (including phenoxy) is 1. The van der Waals surface area contributed by atoms with Gasteiger partial charge in [-0.05, 0) is 0 Å². The van der Waals surface area contributed by atoms with Crippen LogP contribution >= 0.6 is 0 Å². The molecule has 7 heteroatoms. The summed E-state index contributed by atoms with van der Waals surface area (Å²) in [7, 11) is 2.29. The summed E-state index contributed by atoms with van der Waals surface area (Å²) in [6.45, 7) is 6.41. The van der Waals surface area contributed by atoms with Gasteiger partial charge in [-0.25, -0.2) is 4.90 Å². The first-order valence-corrected chi connectivity index (χ1v) is 9.46. The molecule has 5 N–H and O–H groups in total. The summed E-state index contributed by atoms with van der Waals surface area (Å²) in [6.07, 6.45) is 6.18. The van der Waals surface area contributed by atoms with Crippen molar-refractivity contribution in [3.8, 4) is 0 Å². The number of quaternary nitrogens is 2. The molecule has 0 aliphatic carbocycles. The second-order valence-electron chi connectivity index (χ2n) is 7.67. The number of nitrogens with zero attached hydrogens (tertiary/aromatic N) is 1. The second-order valence-corrected chi connectivity index (χ2v) is 7.67. The highest BCUT2D eigenvalue weighted by Crippen LogP contribution is 2.22. The van der Waals surface area contributed by atoms with E-state index in [2.05, 4.69) is 28.1 Å². The second kappa shape index (κ2) is 7.31. The van der Waals surface area contributed by atoms with Crippen LogP contribution < -0.4 is 21.0 Å². The van der Waals surface area contributed by atoms with Crippen molar-refractivity contribution in [2.75, 3.05) is 46.4 Å². The molecular formula is C16H33N5O2+2. The van der Waals surface area contributed by atoms with E-state index < -0.39 is 0 Å². The van der Waals surface area contributed by atoms with Gasteiger partial charge in [0.25, 0.3) is 0 Å². The highest BCUT2D eigenvalue weighted by atomic mass is 16.7. The molecule has 4 aliphatic rings. The maximum Gasteiger partial charge on any atom is 0.183 e. The normalized spacial score (nSPS) is 46.3. The van der Waals surface area contributed by atoms with Crippen molar-refractivity contribution in [2.24, 2.45) is 5.92 Å². The molecule has 0 radical (unpaired) electrons. The Labute approximate surface area is 139 Å². The standard InChI is InChI=1S/C16H31N5O2/c1-20-6-2-3-13(20)16-18-15(19-23-16)12-4-5-17-14(11-12)21-7-9-22-10-8-21/h12-19H,2-11H2,1H3/p+2. The molecule has 6 unspecified atom stereocenters.